The average molecular weight is 460 g/mol. The molecule has 0 spiro atoms. The fourth-order valence-electron chi connectivity index (χ4n) is 4.99. The van der Waals surface area contributed by atoms with Crippen LogP contribution in [0, 0.1) is 0 Å². The molecule has 3 heterocycles. The molecule has 0 radical (unpaired) electrons. The number of rotatable bonds is 6. The molecule has 1 saturated heterocycles. The summed E-state index contributed by atoms with van der Waals surface area (Å²) in [6, 6.07) is 25.9. The summed E-state index contributed by atoms with van der Waals surface area (Å²) >= 11 is 0. The minimum atomic E-state index is 0.191. The van der Waals surface area contributed by atoms with E-state index in [0.717, 1.165) is 6.67 Å². The molecule has 35 heavy (non-hydrogen) atoms. The first-order valence-corrected chi connectivity index (χ1v) is 11.9. The van der Waals surface area contributed by atoms with Crippen LogP contribution >= 0.6 is 0 Å². The second-order valence-electron chi connectivity index (χ2n) is 9.40. The van der Waals surface area contributed by atoms with Gasteiger partial charge in [-0.1, -0.05) is 24.3 Å². The standard InChI is InChI=1S/C27H30B2N6/c1-32(2)28-29(33(3)4)35(27-11-7-23(8-12-27)25-15-19-31-20-16-25)21-34(28)26-9-5-22(6-10-26)24-13-17-30-18-14-24/h5-20H,21H2,1-4H3. The lowest BCUT2D eigenvalue weighted by atomic mass is 9.32. The highest BCUT2D eigenvalue weighted by molar-refractivity contribution is 7.24. The average Bonchev–Trinajstić information content (AvgIpc) is 3.31. The van der Waals surface area contributed by atoms with Crippen LogP contribution in [-0.4, -0.2) is 68.2 Å². The SMILES string of the molecule is CN(C)B1B(N(C)C)N(c2ccc(-c3ccncc3)cc2)CN1c1ccc(-c2ccncc2)cc1. The van der Waals surface area contributed by atoms with Crippen LogP contribution in [-0.2, 0) is 0 Å². The molecule has 1 aliphatic rings. The zero-order valence-electron chi connectivity index (χ0n) is 20.8. The van der Waals surface area contributed by atoms with E-state index >= 15 is 0 Å². The summed E-state index contributed by atoms with van der Waals surface area (Å²) in [5.41, 5.74) is 7.18. The molecule has 4 aromatic rings. The van der Waals surface area contributed by atoms with Crippen molar-refractivity contribution in [1.29, 1.82) is 0 Å². The van der Waals surface area contributed by atoms with Crippen LogP contribution in [0.1, 0.15) is 0 Å². The number of aromatic nitrogens is 2. The monoisotopic (exact) mass is 460 g/mol. The van der Waals surface area contributed by atoms with Crippen molar-refractivity contribution in [2.45, 2.75) is 0 Å². The zero-order chi connectivity index (χ0) is 24.4. The van der Waals surface area contributed by atoms with E-state index in [9.17, 15) is 0 Å². The van der Waals surface area contributed by atoms with Gasteiger partial charge in [-0.2, -0.15) is 0 Å². The molecule has 2 aromatic carbocycles. The van der Waals surface area contributed by atoms with E-state index in [0.29, 0.717) is 0 Å². The summed E-state index contributed by atoms with van der Waals surface area (Å²) in [4.78, 5) is 17.9. The minimum Gasteiger partial charge on any atom is -0.388 e. The Balaban J connectivity index is 1.46. The van der Waals surface area contributed by atoms with Crippen molar-refractivity contribution in [2.24, 2.45) is 0 Å². The highest BCUT2D eigenvalue weighted by Crippen LogP contribution is 2.32. The summed E-state index contributed by atoms with van der Waals surface area (Å²) in [6.45, 7) is 1.18. The summed E-state index contributed by atoms with van der Waals surface area (Å²) in [5.74, 6) is 0. The molecule has 0 atom stereocenters. The maximum absolute atomic E-state index is 4.14. The van der Waals surface area contributed by atoms with Gasteiger partial charge in [0.05, 0.1) is 6.67 Å². The summed E-state index contributed by atoms with van der Waals surface area (Å²) in [6.07, 6.45) is 7.35. The molecule has 0 bridgehead atoms. The molecule has 174 valence electrons. The lowest BCUT2D eigenvalue weighted by molar-refractivity contribution is 0.623. The lowest BCUT2D eigenvalue weighted by Gasteiger charge is -2.31. The second-order valence-corrected chi connectivity index (χ2v) is 9.40. The Bertz CT molecular complexity index is 1140. The predicted molar refractivity (Wildman–Crippen MR) is 148 cm³/mol. The van der Waals surface area contributed by atoms with Crippen LogP contribution in [0.4, 0.5) is 11.4 Å². The van der Waals surface area contributed by atoms with E-state index in [2.05, 4.69) is 106 Å². The van der Waals surface area contributed by atoms with Crippen LogP contribution in [0.3, 0.4) is 0 Å². The molecule has 0 saturated carbocycles. The topological polar surface area (TPSA) is 38.7 Å². The molecule has 5 rings (SSSR count). The van der Waals surface area contributed by atoms with Crippen molar-refractivity contribution in [3.8, 4) is 22.3 Å². The third-order valence-electron chi connectivity index (χ3n) is 6.69. The molecule has 1 fully saturated rings. The van der Waals surface area contributed by atoms with Crippen molar-refractivity contribution >= 4 is 25.1 Å². The van der Waals surface area contributed by atoms with Gasteiger partial charge in [0.25, 0.3) is 0 Å². The van der Waals surface area contributed by atoms with Crippen molar-refractivity contribution in [2.75, 3.05) is 44.5 Å². The lowest BCUT2D eigenvalue weighted by Crippen LogP contribution is -2.62. The second kappa shape index (κ2) is 9.94. The van der Waals surface area contributed by atoms with E-state index in [1.807, 2.05) is 49.1 Å². The van der Waals surface area contributed by atoms with E-state index in [4.69, 9.17) is 0 Å². The highest BCUT2D eigenvalue weighted by atomic mass is 15.4. The summed E-state index contributed by atoms with van der Waals surface area (Å²) in [7, 11) is 8.65. The molecule has 8 heteroatoms. The van der Waals surface area contributed by atoms with Crippen molar-refractivity contribution in [3.05, 3.63) is 97.6 Å². The van der Waals surface area contributed by atoms with Crippen molar-refractivity contribution in [1.82, 2.24) is 19.6 Å². The number of benzene rings is 2. The van der Waals surface area contributed by atoms with Crippen LogP contribution in [0.15, 0.2) is 97.6 Å². The van der Waals surface area contributed by atoms with Gasteiger partial charge in [0.1, 0.15) is 0 Å². The number of hydrogen-bond donors (Lipinski definition) is 0. The Morgan fingerprint density at radius 3 is 1.14 bits per heavy atom. The molecule has 0 N–H and O–H groups in total. The molecule has 6 nitrogen and oxygen atoms in total. The van der Waals surface area contributed by atoms with E-state index in [1.165, 1.54) is 33.6 Å². The van der Waals surface area contributed by atoms with E-state index in [-0.39, 0.29) is 13.7 Å². The number of nitrogens with zero attached hydrogens (tertiary/aromatic N) is 6. The van der Waals surface area contributed by atoms with Gasteiger partial charge in [-0.3, -0.25) is 9.97 Å². The molecular weight excluding hydrogens is 430 g/mol. The van der Waals surface area contributed by atoms with Gasteiger partial charge >= 0.3 is 13.7 Å². The number of pyridine rings is 2. The fraction of sp³-hybridized carbons (Fsp3) is 0.185. The first-order chi connectivity index (χ1) is 17.0. The third-order valence-corrected chi connectivity index (χ3v) is 6.69. The predicted octanol–water partition coefficient (Wildman–Crippen LogP) is 4.27. The van der Waals surface area contributed by atoms with Crippen molar-refractivity contribution in [3.63, 3.8) is 0 Å². The number of hydrogen-bond acceptors (Lipinski definition) is 6. The van der Waals surface area contributed by atoms with Crippen LogP contribution in [0.5, 0.6) is 0 Å². The highest BCUT2D eigenvalue weighted by Gasteiger charge is 2.51. The van der Waals surface area contributed by atoms with Crippen LogP contribution in [0.2, 0.25) is 0 Å². The maximum Gasteiger partial charge on any atom is 0.353 e. The van der Waals surface area contributed by atoms with Gasteiger partial charge in [0.2, 0.25) is 0 Å². The quantitative estimate of drug-likeness (QED) is 0.401. The molecular formula is C27H30B2N6. The smallest absolute Gasteiger partial charge is 0.353 e. The first-order valence-electron chi connectivity index (χ1n) is 11.9. The van der Waals surface area contributed by atoms with Crippen molar-refractivity contribution < 1.29 is 0 Å². The summed E-state index contributed by atoms with van der Waals surface area (Å²) < 4.78 is 0. The minimum absolute atomic E-state index is 0.191. The fourth-order valence-corrected chi connectivity index (χ4v) is 4.99. The van der Waals surface area contributed by atoms with E-state index in [1.54, 1.807) is 0 Å². The Hall–Kier alpha value is -3.61. The molecule has 2 aromatic heterocycles. The Kier molecular flexibility index (Phi) is 6.57. The third kappa shape index (κ3) is 4.67. The van der Waals surface area contributed by atoms with Gasteiger partial charge in [-0.25, -0.2) is 0 Å². The van der Waals surface area contributed by atoms with Gasteiger partial charge in [-0.15, -0.1) is 0 Å². The molecule has 0 aliphatic carbocycles. The van der Waals surface area contributed by atoms with E-state index < -0.39 is 0 Å². The van der Waals surface area contributed by atoms with Crippen LogP contribution < -0.4 is 9.62 Å². The largest absolute Gasteiger partial charge is 0.388 e. The Morgan fingerprint density at radius 1 is 0.514 bits per heavy atom. The van der Waals surface area contributed by atoms with Gasteiger partial charge in [-0.05, 0) is 99.0 Å². The zero-order valence-corrected chi connectivity index (χ0v) is 20.8. The van der Waals surface area contributed by atoms with Crippen LogP contribution in [0.25, 0.3) is 22.3 Å². The van der Waals surface area contributed by atoms with Gasteiger partial charge < -0.3 is 19.2 Å². The normalized spacial score (nSPS) is 13.9. The molecule has 0 unspecified atom stereocenters. The number of anilines is 2. The molecule has 1 aliphatic heterocycles. The van der Waals surface area contributed by atoms with Gasteiger partial charge in [0, 0.05) is 36.2 Å². The Labute approximate surface area is 209 Å². The maximum atomic E-state index is 4.14. The Morgan fingerprint density at radius 2 is 0.829 bits per heavy atom. The molecule has 0 amide bonds. The summed E-state index contributed by atoms with van der Waals surface area (Å²) in [5, 5.41) is 0. The first kappa shape index (κ1) is 23.1. The van der Waals surface area contributed by atoms with Gasteiger partial charge in [0.15, 0.2) is 0 Å².